The Hall–Kier alpha value is -3.60. The first-order valence-electron chi connectivity index (χ1n) is 11.1. The SMILES string of the molecule is CCOC(=O)c1[nH]c2cc(Cl)ccc2c1C(C(=O)NC(C)(C)C)N(C=O)Cc1c(F)c(F)cc(F)c1F. The highest BCUT2D eigenvalue weighted by atomic mass is 35.5. The average molecular weight is 542 g/mol. The highest BCUT2D eigenvalue weighted by molar-refractivity contribution is 6.31. The topological polar surface area (TPSA) is 91.5 Å². The fourth-order valence-corrected chi connectivity index (χ4v) is 4.03. The Kier molecular flexibility index (Phi) is 8.16. The van der Waals surface area contributed by atoms with Crippen molar-refractivity contribution in [3.63, 3.8) is 0 Å². The Morgan fingerprint density at radius 2 is 1.76 bits per heavy atom. The zero-order valence-electron chi connectivity index (χ0n) is 20.3. The van der Waals surface area contributed by atoms with E-state index in [-0.39, 0.29) is 40.7 Å². The summed E-state index contributed by atoms with van der Waals surface area (Å²) in [5.41, 5.74) is -1.92. The molecular weight excluding hydrogens is 518 g/mol. The van der Waals surface area contributed by atoms with E-state index in [1.165, 1.54) is 18.2 Å². The number of esters is 1. The molecule has 0 spiro atoms. The van der Waals surface area contributed by atoms with Crippen molar-refractivity contribution < 1.29 is 36.7 Å². The Balaban J connectivity index is 2.29. The molecule has 0 saturated heterocycles. The zero-order chi connectivity index (χ0) is 27.7. The normalized spacial score (nSPS) is 12.4. The molecule has 0 aliphatic rings. The molecule has 1 heterocycles. The van der Waals surface area contributed by atoms with Gasteiger partial charge in [-0.05, 0) is 39.8 Å². The molecule has 1 atom stereocenters. The van der Waals surface area contributed by atoms with Crippen LogP contribution in [0, 0.1) is 23.3 Å². The summed E-state index contributed by atoms with van der Waals surface area (Å²) in [7, 11) is 0. The molecule has 2 amide bonds. The van der Waals surface area contributed by atoms with Gasteiger partial charge in [-0.25, -0.2) is 22.4 Å². The molecule has 2 aromatic carbocycles. The van der Waals surface area contributed by atoms with Crippen molar-refractivity contribution in [2.24, 2.45) is 0 Å². The maximum atomic E-state index is 14.5. The third-order valence-electron chi connectivity index (χ3n) is 5.31. The number of aromatic nitrogens is 1. The van der Waals surface area contributed by atoms with Gasteiger partial charge >= 0.3 is 5.97 Å². The van der Waals surface area contributed by atoms with Crippen LogP contribution in [0.15, 0.2) is 24.3 Å². The minimum atomic E-state index is -1.72. The van der Waals surface area contributed by atoms with Gasteiger partial charge in [-0.3, -0.25) is 9.59 Å². The molecule has 2 N–H and O–H groups in total. The minimum Gasteiger partial charge on any atom is -0.461 e. The second-order valence-corrected chi connectivity index (χ2v) is 9.63. The molecule has 0 radical (unpaired) electrons. The molecule has 0 saturated carbocycles. The molecule has 3 aromatic rings. The molecule has 0 bridgehead atoms. The number of aromatic amines is 1. The smallest absolute Gasteiger partial charge is 0.355 e. The monoisotopic (exact) mass is 541 g/mol. The summed E-state index contributed by atoms with van der Waals surface area (Å²) in [6.45, 7) is 5.44. The molecule has 7 nitrogen and oxygen atoms in total. The van der Waals surface area contributed by atoms with E-state index < -0.39 is 58.8 Å². The van der Waals surface area contributed by atoms with Gasteiger partial charge in [-0.1, -0.05) is 17.7 Å². The van der Waals surface area contributed by atoms with E-state index in [9.17, 15) is 31.9 Å². The van der Waals surface area contributed by atoms with Crippen LogP contribution in [-0.2, 0) is 20.9 Å². The van der Waals surface area contributed by atoms with Crippen molar-refractivity contribution in [3.8, 4) is 0 Å². The number of hydrogen-bond acceptors (Lipinski definition) is 4. The summed E-state index contributed by atoms with van der Waals surface area (Å²) >= 11 is 6.08. The van der Waals surface area contributed by atoms with E-state index in [1.807, 2.05) is 0 Å². The van der Waals surface area contributed by atoms with Gasteiger partial charge in [0.1, 0.15) is 11.7 Å². The molecule has 0 aliphatic carbocycles. The maximum Gasteiger partial charge on any atom is 0.355 e. The van der Waals surface area contributed by atoms with Crippen LogP contribution in [0.5, 0.6) is 0 Å². The Labute approximate surface area is 214 Å². The van der Waals surface area contributed by atoms with Crippen LogP contribution in [0.25, 0.3) is 10.9 Å². The van der Waals surface area contributed by atoms with Crippen LogP contribution in [-0.4, -0.2) is 40.3 Å². The fourth-order valence-electron chi connectivity index (χ4n) is 3.86. The van der Waals surface area contributed by atoms with Crippen LogP contribution < -0.4 is 5.32 Å². The molecule has 198 valence electrons. The van der Waals surface area contributed by atoms with Crippen LogP contribution in [0.3, 0.4) is 0 Å². The first-order valence-corrected chi connectivity index (χ1v) is 11.5. The third kappa shape index (κ3) is 5.87. The number of nitrogens with one attached hydrogen (secondary N) is 2. The van der Waals surface area contributed by atoms with Crippen molar-refractivity contribution in [2.75, 3.05) is 6.61 Å². The lowest BCUT2D eigenvalue weighted by Gasteiger charge is -2.31. The van der Waals surface area contributed by atoms with Gasteiger partial charge in [0.2, 0.25) is 12.3 Å². The molecule has 0 fully saturated rings. The summed E-state index contributed by atoms with van der Waals surface area (Å²) in [6, 6.07) is 2.77. The predicted molar refractivity (Wildman–Crippen MR) is 128 cm³/mol. The number of carbonyl (C=O) groups is 3. The highest BCUT2D eigenvalue weighted by Crippen LogP contribution is 2.35. The van der Waals surface area contributed by atoms with Gasteiger partial charge in [-0.2, -0.15) is 0 Å². The zero-order valence-corrected chi connectivity index (χ0v) is 21.1. The average Bonchev–Trinajstić information content (AvgIpc) is 3.16. The number of carbonyl (C=O) groups excluding carboxylic acids is 3. The van der Waals surface area contributed by atoms with Crippen LogP contribution in [0.2, 0.25) is 5.02 Å². The van der Waals surface area contributed by atoms with E-state index in [1.54, 1.807) is 27.7 Å². The van der Waals surface area contributed by atoms with Gasteiger partial charge in [-0.15, -0.1) is 0 Å². The molecule has 0 aliphatic heterocycles. The fraction of sp³-hybridized carbons (Fsp3) is 0.320. The number of hydrogen-bond donors (Lipinski definition) is 2. The van der Waals surface area contributed by atoms with Gasteiger partial charge in [0.15, 0.2) is 23.3 Å². The van der Waals surface area contributed by atoms with Crippen molar-refractivity contribution >= 4 is 40.8 Å². The summed E-state index contributed by atoms with van der Waals surface area (Å²) in [5, 5.41) is 3.23. The van der Waals surface area contributed by atoms with Crippen LogP contribution in [0.1, 0.15) is 55.4 Å². The highest BCUT2D eigenvalue weighted by Gasteiger charge is 2.37. The van der Waals surface area contributed by atoms with Crippen molar-refractivity contribution in [1.82, 2.24) is 15.2 Å². The maximum absolute atomic E-state index is 14.5. The van der Waals surface area contributed by atoms with Crippen molar-refractivity contribution in [1.29, 1.82) is 0 Å². The predicted octanol–water partition coefficient (Wildman–Crippen LogP) is 5.17. The van der Waals surface area contributed by atoms with Crippen LogP contribution >= 0.6 is 11.6 Å². The summed E-state index contributed by atoms with van der Waals surface area (Å²) < 4.78 is 61.9. The van der Waals surface area contributed by atoms with Crippen molar-refractivity contribution in [3.05, 3.63) is 69.4 Å². The number of rotatable bonds is 8. The number of amides is 2. The van der Waals surface area contributed by atoms with Gasteiger partial charge < -0.3 is 19.9 Å². The lowest BCUT2D eigenvalue weighted by molar-refractivity contribution is -0.134. The van der Waals surface area contributed by atoms with E-state index in [4.69, 9.17) is 16.3 Å². The number of nitrogens with zero attached hydrogens (tertiary/aromatic N) is 1. The first kappa shape index (κ1) is 28.0. The molecule has 37 heavy (non-hydrogen) atoms. The van der Waals surface area contributed by atoms with Gasteiger partial charge in [0.25, 0.3) is 0 Å². The number of halogens is 5. The lowest BCUT2D eigenvalue weighted by Crippen LogP contribution is -2.47. The second-order valence-electron chi connectivity index (χ2n) is 9.19. The van der Waals surface area contributed by atoms with Crippen LogP contribution in [0.4, 0.5) is 17.6 Å². The van der Waals surface area contributed by atoms with E-state index in [2.05, 4.69) is 10.3 Å². The van der Waals surface area contributed by atoms with Gasteiger partial charge in [0, 0.05) is 38.7 Å². The number of fused-ring (bicyclic) bond motifs is 1. The number of H-pyrrole nitrogens is 1. The second kappa shape index (κ2) is 10.8. The summed E-state index contributed by atoms with van der Waals surface area (Å²) in [5.74, 6) is -8.51. The quantitative estimate of drug-likeness (QED) is 0.178. The lowest BCUT2D eigenvalue weighted by atomic mass is 9.98. The molecule has 3 rings (SSSR count). The first-order chi connectivity index (χ1) is 17.3. The summed E-state index contributed by atoms with van der Waals surface area (Å²) in [6.07, 6.45) is 0.0955. The molecular formula is C25H24ClF4N3O4. The molecule has 1 unspecified atom stereocenters. The third-order valence-corrected chi connectivity index (χ3v) is 5.55. The standard InChI is InChI=1S/C25H24ClF4N3O4/c1-5-37-24(36)21-18(13-7-6-12(26)8-17(13)31-21)22(23(35)32-25(2,3)4)33(11-34)10-14-19(29)15(27)9-16(28)20(14)30/h6-9,11,22,31H,5,10H2,1-4H3,(H,32,35). The molecule has 12 heteroatoms. The number of ether oxygens (including phenoxy) is 1. The van der Waals surface area contributed by atoms with E-state index in [0.717, 1.165) is 0 Å². The Bertz CT molecular complexity index is 1340. The van der Waals surface area contributed by atoms with Crippen molar-refractivity contribution in [2.45, 2.75) is 45.8 Å². The Morgan fingerprint density at radius 1 is 1.14 bits per heavy atom. The van der Waals surface area contributed by atoms with E-state index >= 15 is 0 Å². The minimum absolute atomic E-state index is 0.0242. The molecule has 1 aromatic heterocycles. The number of benzene rings is 2. The summed E-state index contributed by atoms with van der Waals surface area (Å²) in [4.78, 5) is 42.1. The van der Waals surface area contributed by atoms with Gasteiger partial charge in [0.05, 0.1) is 13.2 Å². The van der Waals surface area contributed by atoms with E-state index in [0.29, 0.717) is 10.4 Å². The largest absolute Gasteiger partial charge is 0.461 e. The Morgan fingerprint density at radius 3 is 2.30 bits per heavy atom.